The average Bonchev–Trinajstić information content (AvgIpc) is 3.10. The molecule has 3 fully saturated rings. The first kappa shape index (κ1) is 17.2. The van der Waals surface area contributed by atoms with Crippen molar-refractivity contribution in [2.24, 2.45) is 0 Å². The number of carbonyl (C=O) groups excluding carboxylic acids is 3. The molecular formula is C16H28N5O3+. The van der Waals surface area contributed by atoms with E-state index in [1.807, 2.05) is 5.01 Å². The Kier molecular flexibility index (Phi) is 5.05. The Balaban J connectivity index is 1.40. The van der Waals surface area contributed by atoms with E-state index in [0.717, 1.165) is 51.9 Å². The summed E-state index contributed by atoms with van der Waals surface area (Å²) in [5.74, 6) is -0.148. The number of rotatable bonds is 5. The Labute approximate surface area is 142 Å². The number of nitrogens with zero attached hydrogens (tertiary/aromatic N) is 2. The highest BCUT2D eigenvalue weighted by Crippen LogP contribution is 2.35. The van der Waals surface area contributed by atoms with Crippen LogP contribution in [0.25, 0.3) is 0 Å². The van der Waals surface area contributed by atoms with E-state index >= 15 is 0 Å². The van der Waals surface area contributed by atoms with Crippen molar-refractivity contribution >= 4 is 17.8 Å². The average molecular weight is 338 g/mol. The number of likely N-dealkylation sites (N-methyl/N-ethyl adjacent to an activating group) is 1. The van der Waals surface area contributed by atoms with Gasteiger partial charge in [-0.15, -0.1) is 0 Å². The summed E-state index contributed by atoms with van der Waals surface area (Å²) >= 11 is 0. The molecule has 2 heterocycles. The molecule has 8 heteroatoms. The molecule has 0 aromatic heterocycles. The van der Waals surface area contributed by atoms with Gasteiger partial charge in [0.1, 0.15) is 5.54 Å². The Morgan fingerprint density at radius 2 is 1.92 bits per heavy atom. The quantitative estimate of drug-likeness (QED) is 0.532. The smallest absolute Gasteiger partial charge is 0.325 e. The van der Waals surface area contributed by atoms with Crippen LogP contribution in [0.1, 0.15) is 38.5 Å². The number of hydrazine groups is 1. The first-order valence-corrected chi connectivity index (χ1v) is 9.00. The van der Waals surface area contributed by atoms with Crippen molar-refractivity contribution in [3.63, 3.8) is 0 Å². The summed E-state index contributed by atoms with van der Waals surface area (Å²) in [4.78, 5) is 39.3. The predicted octanol–water partition coefficient (Wildman–Crippen LogP) is -1.51. The molecular weight excluding hydrogens is 310 g/mol. The van der Waals surface area contributed by atoms with Gasteiger partial charge in [0.05, 0.1) is 33.2 Å². The lowest BCUT2D eigenvalue weighted by atomic mass is 9.98. The van der Waals surface area contributed by atoms with Gasteiger partial charge in [-0.2, -0.15) is 0 Å². The normalized spacial score (nSPS) is 24.6. The van der Waals surface area contributed by atoms with Crippen molar-refractivity contribution in [1.29, 1.82) is 0 Å². The Hall–Kier alpha value is -1.67. The molecule has 4 amide bonds. The largest absolute Gasteiger partial charge is 0.335 e. The molecule has 1 aliphatic carbocycles. The van der Waals surface area contributed by atoms with E-state index in [1.54, 1.807) is 0 Å². The number of hydrogen-bond donors (Lipinski definition) is 3. The zero-order chi connectivity index (χ0) is 17.2. The Morgan fingerprint density at radius 3 is 2.58 bits per heavy atom. The summed E-state index contributed by atoms with van der Waals surface area (Å²) in [5, 5.41) is 4.82. The van der Waals surface area contributed by atoms with Gasteiger partial charge < -0.3 is 10.2 Å². The van der Waals surface area contributed by atoms with Crippen LogP contribution in [0.5, 0.6) is 0 Å². The van der Waals surface area contributed by atoms with Crippen molar-refractivity contribution < 1.29 is 19.3 Å². The number of carbonyl (C=O) groups is 3. The molecule has 3 aliphatic rings. The highest BCUT2D eigenvalue weighted by atomic mass is 16.2. The van der Waals surface area contributed by atoms with Crippen LogP contribution in [0.2, 0.25) is 0 Å². The fourth-order valence-corrected chi connectivity index (χ4v) is 3.83. The maximum absolute atomic E-state index is 12.5. The Bertz CT molecular complexity index is 510. The molecule has 0 bridgehead atoms. The van der Waals surface area contributed by atoms with Gasteiger partial charge >= 0.3 is 6.03 Å². The molecule has 2 aliphatic heterocycles. The number of nitrogens with one attached hydrogen (secondary N) is 3. The number of quaternary nitrogens is 1. The van der Waals surface area contributed by atoms with E-state index in [2.05, 4.69) is 17.8 Å². The lowest BCUT2D eigenvalue weighted by Crippen LogP contribution is -3.12. The van der Waals surface area contributed by atoms with Gasteiger partial charge in [0, 0.05) is 13.0 Å². The van der Waals surface area contributed by atoms with Crippen molar-refractivity contribution in [2.45, 2.75) is 44.1 Å². The minimum Gasteiger partial charge on any atom is -0.335 e. The molecule has 0 radical (unpaired) electrons. The summed E-state index contributed by atoms with van der Waals surface area (Å²) < 4.78 is 0. The first-order valence-electron chi connectivity index (χ1n) is 9.00. The third-order valence-electron chi connectivity index (χ3n) is 5.39. The molecule has 134 valence electrons. The SMILES string of the molecule is C[NH+]1CCN(NC(=O)CCCN2C(=O)NC3(CCCC3)C2=O)CC1. The minimum atomic E-state index is -0.651. The van der Waals surface area contributed by atoms with Crippen LogP contribution in [0.4, 0.5) is 4.79 Å². The van der Waals surface area contributed by atoms with Crippen LogP contribution in [-0.4, -0.2) is 73.1 Å². The van der Waals surface area contributed by atoms with E-state index in [-0.39, 0.29) is 17.8 Å². The maximum atomic E-state index is 12.5. The van der Waals surface area contributed by atoms with Gasteiger partial charge in [-0.25, -0.2) is 9.80 Å². The van der Waals surface area contributed by atoms with E-state index in [0.29, 0.717) is 19.4 Å². The predicted molar refractivity (Wildman–Crippen MR) is 87.0 cm³/mol. The van der Waals surface area contributed by atoms with Gasteiger partial charge in [-0.05, 0) is 19.3 Å². The summed E-state index contributed by atoms with van der Waals surface area (Å²) in [5.41, 5.74) is 2.26. The molecule has 1 spiro atoms. The third kappa shape index (κ3) is 3.54. The summed E-state index contributed by atoms with van der Waals surface area (Å²) in [6.45, 7) is 4.06. The number of piperazine rings is 1. The highest BCUT2D eigenvalue weighted by molar-refractivity contribution is 6.07. The summed E-state index contributed by atoms with van der Waals surface area (Å²) in [6.07, 6.45) is 4.26. The monoisotopic (exact) mass is 338 g/mol. The second-order valence-electron chi connectivity index (χ2n) is 7.26. The van der Waals surface area contributed by atoms with Crippen molar-refractivity contribution in [3.8, 4) is 0 Å². The Morgan fingerprint density at radius 1 is 1.25 bits per heavy atom. The fraction of sp³-hybridized carbons (Fsp3) is 0.812. The van der Waals surface area contributed by atoms with Crippen molar-refractivity contribution in [2.75, 3.05) is 39.8 Å². The van der Waals surface area contributed by atoms with Crippen LogP contribution in [-0.2, 0) is 9.59 Å². The number of urea groups is 1. The van der Waals surface area contributed by atoms with Crippen molar-refractivity contribution in [3.05, 3.63) is 0 Å². The fourth-order valence-electron chi connectivity index (χ4n) is 3.83. The number of amides is 4. The molecule has 0 aromatic rings. The summed E-state index contributed by atoms with van der Waals surface area (Å²) in [7, 11) is 2.15. The van der Waals surface area contributed by atoms with Crippen LogP contribution >= 0.6 is 0 Å². The first-order chi connectivity index (χ1) is 11.5. The van der Waals surface area contributed by atoms with Gasteiger partial charge in [-0.3, -0.25) is 19.9 Å². The van der Waals surface area contributed by atoms with E-state index in [4.69, 9.17) is 0 Å². The zero-order valence-electron chi connectivity index (χ0n) is 14.4. The van der Waals surface area contributed by atoms with Gasteiger partial charge in [0.15, 0.2) is 0 Å². The molecule has 0 unspecified atom stereocenters. The molecule has 3 N–H and O–H groups in total. The van der Waals surface area contributed by atoms with Crippen LogP contribution < -0.4 is 15.6 Å². The molecule has 8 nitrogen and oxygen atoms in total. The second kappa shape index (κ2) is 7.06. The minimum absolute atomic E-state index is 0.0443. The number of imide groups is 1. The lowest BCUT2D eigenvalue weighted by molar-refractivity contribution is -0.884. The number of hydrogen-bond acceptors (Lipinski definition) is 4. The third-order valence-corrected chi connectivity index (χ3v) is 5.39. The van der Waals surface area contributed by atoms with Crippen molar-refractivity contribution in [1.82, 2.24) is 20.7 Å². The molecule has 0 aromatic carbocycles. The molecule has 1 saturated carbocycles. The highest BCUT2D eigenvalue weighted by Gasteiger charge is 2.52. The second-order valence-corrected chi connectivity index (χ2v) is 7.26. The van der Waals surface area contributed by atoms with E-state index < -0.39 is 5.54 Å². The standard InChI is InChI=1S/C16H27N5O3/c1-19-9-11-20(12-10-19)18-13(22)5-4-8-21-14(23)16(17-15(21)24)6-2-3-7-16/h2-12H2,1H3,(H,17,24)(H,18,22)/p+1. The van der Waals surface area contributed by atoms with Crippen LogP contribution in [0, 0.1) is 0 Å². The molecule has 0 atom stereocenters. The van der Waals surface area contributed by atoms with Crippen LogP contribution in [0.15, 0.2) is 0 Å². The zero-order valence-corrected chi connectivity index (χ0v) is 14.4. The lowest BCUT2D eigenvalue weighted by Gasteiger charge is -2.30. The maximum Gasteiger partial charge on any atom is 0.325 e. The molecule has 3 rings (SSSR count). The molecule has 24 heavy (non-hydrogen) atoms. The van der Waals surface area contributed by atoms with E-state index in [9.17, 15) is 14.4 Å². The van der Waals surface area contributed by atoms with E-state index in [1.165, 1.54) is 9.80 Å². The molecule has 2 saturated heterocycles. The topological polar surface area (TPSA) is 86.2 Å². The van der Waals surface area contributed by atoms with Crippen LogP contribution in [0.3, 0.4) is 0 Å². The van der Waals surface area contributed by atoms with Gasteiger partial charge in [-0.1, -0.05) is 12.8 Å². The van der Waals surface area contributed by atoms with Gasteiger partial charge in [0.2, 0.25) is 5.91 Å². The summed E-state index contributed by atoms with van der Waals surface area (Å²) in [6, 6.07) is -0.302. The van der Waals surface area contributed by atoms with Gasteiger partial charge in [0.25, 0.3) is 5.91 Å².